The maximum Gasteiger partial charge on any atom is 0.414 e. The van der Waals surface area contributed by atoms with E-state index in [0.29, 0.717) is 17.9 Å². The van der Waals surface area contributed by atoms with Crippen molar-refractivity contribution < 1.29 is 18.7 Å². The zero-order chi connectivity index (χ0) is 18.9. The number of anilines is 2. The van der Waals surface area contributed by atoms with Crippen molar-refractivity contribution in [2.75, 3.05) is 36.0 Å². The van der Waals surface area contributed by atoms with Crippen molar-refractivity contribution >= 4 is 31.4 Å². The van der Waals surface area contributed by atoms with Crippen molar-refractivity contribution in [3.63, 3.8) is 0 Å². The van der Waals surface area contributed by atoms with Crippen molar-refractivity contribution in [1.82, 2.24) is 5.32 Å². The lowest BCUT2D eigenvalue weighted by atomic mass is 10.2. The van der Waals surface area contributed by atoms with Crippen LogP contribution in [0.15, 0.2) is 18.2 Å². The van der Waals surface area contributed by atoms with E-state index in [9.17, 15) is 14.0 Å². The van der Waals surface area contributed by atoms with Gasteiger partial charge in [-0.05, 0) is 30.3 Å². The second-order valence-electron chi connectivity index (χ2n) is 7.84. The summed E-state index contributed by atoms with van der Waals surface area (Å²) in [5, 5.41) is 2.63. The molecule has 6 nitrogen and oxygen atoms in total. The summed E-state index contributed by atoms with van der Waals surface area (Å²) in [4.78, 5) is 26.6. The quantitative estimate of drug-likeness (QED) is 0.817. The maximum absolute atomic E-state index is 14.7. The summed E-state index contributed by atoms with van der Waals surface area (Å²) >= 11 is 0. The van der Waals surface area contributed by atoms with Crippen molar-refractivity contribution in [3.05, 3.63) is 24.0 Å². The van der Waals surface area contributed by atoms with Crippen LogP contribution in [0.25, 0.3) is 0 Å². The molecule has 1 atom stereocenters. The van der Waals surface area contributed by atoms with Gasteiger partial charge in [0, 0.05) is 20.0 Å². The number of hydrogen-bond acceptors (Lipinski definition) is 4. The predicted octanol–water partition coefficient (Wildman–Crippen LogP) is 2.82. The van der Waals surface area contributed by atoms with Crippen LogP contribution < -0.4 is 15.1 Å². The molecule has 0 saturated carbocycles. The number of rotatable bonds is 4. The second-order valence-corrected chi connectivity index (χ2v) is 13.2. The highest BCUT2D eigenvalue weighted by Crippen LogP contribution is 2.31. The molecule has 0 aliphatic carbocycles. The topological polar surface area (TPSA) is 61.9 Å². The molecule has 26 heavy (non-hydrogen) atoms. The minimum Gasteiger partial charge on any atom is -0.442 e. The Hall–Kier alpha value is -2.09. The largest absolute Gasteiger partial charge is 0.442 e. The van der Waals surface area contributed by atoms with Gasteiger partial charge in [-0.15, -0.1) is 0 Å². The Morgan fingerprint density at radius 3 is 2.65 bits per heavy atom. The van der Waals surface area contributed by atoms with Crippen LogP contribution in [-0.4, -0.2) is 52.4 Å². The minimum absolute atomic E-state index is 0.178. The lowest BCUT2D eigenvalue weighted by Gasteiger charge is -2.37. The number of benzene rings is 1. The fourth-order valence-corrected chi connectivity index (χ4v) is 5.37. The van der Waals surface area contributed by atoms with Gasteiger partial charge in [-0.2, -0.15) is 0 Å². The number of halogens is 1. The molecule has 0 aromatic heterocycles. The standard InChI is InChI=1S/C18H26FN3O3Si/c1-13(23)20-11-15-12-22(18(24)25-15)14-4-5-17(16(19)10-14)21-6-8-26(2,3)9-7-21/h4-5,10,15H,6-9,11-12H2,1-3H3,(H,20,23)/t15-/m0/s1. The summed E-state index contributed by atoms with van der Waals surface area (Å²) < 4.78 is 19.9. The number of amides is 2. The van der Waals surface area contributed by atoms with Crippen molar-refractivity contribution in [2.45, 2.75) is 38.2 Å². The van der Waals surface area contributed by atoms with Gasteiger partial charge in [-0.25, -0.2) is 9.18 Å². The zero-order valence-electron chi connectivity index (χ0n) is 15.5. The number of cyclic esters (lactones) is 1. The lowest BCUT2D eigenvalue weighted by Crippen LogP contribution is -2.43. The SMILES string of the molecule is CC(=O)NC[C@H]1CN(c2ccc(N3CC[Si](C)(C)CC3)c(F)c2)C(=O)O1. The number of carbonyl (C=O) groups is 2. The maximum atomic E-state index is 14.7. The van der Waals surface area contributed by atoms with E-state index in [4.69, 9.17) is 4.74 Å². The molecular formula is C18H26FN3O3Si. The average molecular weight is 380 g/mol. The van der Waals surface area contributed by atoms with Gasteiger partial charge in [-0.1, -0.05) is 13.1 Å². The zero-order valence-corrected chi connectivity index (χ0v) is 16.5. The summed E-state index contributed by atoms with van der Waals surface area (Å²) in [5.41, 5.74) is 1.08. The fraction of sp³-hybridized carbons (Fsp3) is 0.556. The van der Waals surface area contributed by atoms with Crippen LogP contribution in [0.3, 0.4) is 0 Å². The molecular weight excluding hydrogens is 353 g/mol. The molecule has 1 aromatic carbocycles. The van der Waals surface area contributed by atoms with Crippen LogP contribution in [0, 0.1) is 5.82 Å². The van der Waals surface area contributed by atoms with E-state index < -0.39 is 20.3 Å². The van der Waals surface area contributed by atoms with Gasteiger partial charge in [0.1, 0.15) is 11.9 Å². The Morgan fingerprint density at radius 1 is 1.35 bits per heavy atom. The van der Waals surface area contributed by atoms with Gasteiger partial charge in [0.15, 0.2) is 0 Å². The number of carbonyl (C=O) groups excluding carboxylic acids is 2. The highest BCUT2D eigenvalue weighted by molar-refractivity contribution is 6.77. The smallest absolute Gasteiger partial charge is 0.414 e. The molecule has 1 aromatic rings. The Morgan fingerprint density at radius 2 is 2.04 bits per heavy atom. The normalized spacial score (nSPS) is 22.3. The van der Waals surface area contributed by atoms with Crippen LogP contribution in [0.4, 0.5) is 20.6 Å². The molecule has 2 aliphatic rings. The molecule has 0 unspecified atom stereocenters. The molecule has 2 fully saturated rings. The molecule has 2 aliphatic heterocycles. The molecule has 1 N–H and O–H groups in total. The van der Waals surface area contributed by atoms with E-state index in [-0.39, 0.29) is 18.3 Å². The first-order valence-electron chi connectivity index (χ1n) is 9.02. The van der Waals surface area contributed by atoms with Crippen LogP contribution >= 0.6 is 0 Å². The third-order valence-electron chi connectivity index (χ3n) is 5.15. The van der Waals surface area contributed by atoms with Gasteiger partial charge in [-0.3, -0.25) is 9.69 Å². The fourth-order valence-electron chi connectivity index (χ4n) is 3.37. The van der Waals surface area contributed by atoms with Gasteiger partial charge >= 0.3 is 6.09 Å². The van der Waals surface area contributed by atoms with Crippen molar-refractivity contribution in [2.24, 2.45) is 0 Å². The van der Waals surface area contributed by atoms with Gasteiger partial charge in [0.25, 0.3) is 0 Å². The molecule has 2 heterocycles. The van der Waals surface area contributed by atoms with E-state index in [0.717, 1.165) is 25.2 Å². The summed E-state index contributed by atoms with van der Waals surface area (Å²) in [7, 11) is -1.11. The Labute approximate surface area is 154 Å². The number of ether oxygens (including phenoxy) is 1. The first-order valence-corrected chi connectivity index (χ1v) is 12.4. The number of nitrogens with zero attached hydrogens (tertiary/aromatic N) is 2. The summed E-state index contributed by atoms with van der Waals surface area (Å²) in [5.74, 6) is -0.496. The van der Waals surface area contributed by atoms with E-state index in [1.54, 1.807) is 12.1 Å². The van der Waals surface area contributed by atoms with E-state index in [2.05, 4.69) is 23.3 Å². The third-order valence-corrected chi connectivity index (χ3v) is 8.31. The van der Waals surface area contributed by atoms with Crippen LogP contribution in [0.5, 0.6) is 0 Å². The summed E-state index contributed by atoms with van der Waals surface area (Å²) in [6.45, 7) is 8.49. The highest BCUT2D eigenvalue weighted by atomic mass is 28.3. The highest BCUT2D eigenvalue weighted by Gasteiger charge is 2.33. The summed E-state index contributed by atoms with van der Waals surface area (Å²) in [6, 6.07) is 7.24. The van der Waals surface area contributed by atoms with Crippen molar-refractivity contribution in [1.29, 1.82) is 0 Å². The first kappa shape index (κ1) is 18.7. The monoisotopic (exact) mass is 379 g/mol. The van der Waals surface area contributed by atoms with Crippen LogP contribution in [0.2, 0.25) is 25.2 Å². The molecule has 8 heteroatoms. The minimum atomic E-state index is -1.11. The molecule has 2 amide bonds. The van der Waals surface area contributed by atoms with Crippen molar-refractivity contribution in [3.8, 4) is 0 Å². The Bertz CT molecular complexity index is 703. The number of nitrogens with one attached hydrogen (secondary N) is 1. The molecule has 2 saturated heterocycles. The van der Waals surface area contributed by atoms with Gasteiger partial charge < -0.3 is 15.0 Å². The third kappa shape index (κ3) is 4.17. The average Bonchev–Trinajstić information content (AvgIpc) is 2.94. The Balaban J connectivity index is 1.68. The first-order chi connectivity index (χ1) is 12.2. The lowest BCUT2D eigenvalue weighted by molar-refractivity contribution is -0.119. The van der Waals surface area contributed by atoms with E-state index in [1.165, 1.54) is 17.9 Å². The summed E-state index contributed by atoms with van der Waals surface area (Å²) in [6.07, 6.45) is -0.943. The predicted molar refractivity (Wildman–Crippen MR) is 102 cm³/mol. The Kier molecular flexibility index (Phi) is 5.22. The molecule has 0 bridgehead atoms. The second kappa shape index (κ2) is 7.26. The van der Waals surface area contributed by atoms with Crippen LogP contribution in [0.1, 0.15) is 6.92 Å². The van der Waals surface area contributed by atoms with Crippen LogP contribution in [-0.2, 0) is 9.53 Å². The van der Waals surface area contributed by atoms with Gasteiger partial charge in [0.2, 0.25) is 5.91 Å². The molecule has 0 radical (unpaired) electrons. The number of hydrogen-bond donors (Lipinski definition) is 1. The molecule has 0 spiro atoms. The molecule has 142 valence electrons. The van der Waals surface area contributed by atoms with Gasteiger partial charge in [0.05, 0.1) is 32.5 Å². The van der Waals surface area contributed by atoms with E-state index in [1.807, 2.05) is 0 Å². The molecule has 3 rings (SSSR count). The van der Waals surface area contributed by atoms with E-state index >= 15 is 0 Å².